The molecule has 1 rings (SSSR count). The molecule has 0 saturated carbocycles. The molecule has 0 aromatic heterocycles. The zero-order chi connectivity index (χ0) is 13.8. The molecule has 6 heteroatoms. The summed E-state index contributed by atoms with van der Waals surface area (Å²) in [4.78, 5) is 1.69. The van der Waals surface area contributed by atoms with Crippen molar-refractivity contribution in [1.29, 1.82) is 0 Å². The number of hydrogen-bond donors (Lipinski definition) is 2. The normalized spacial score (nSPS) is 13.4. The molecule has 0 spiro atoms. The van der Waals surface area contributed by atoms with E-state index < -0.39 is 17.8 Å². The summed E-state index contributed by atoms with van der Waals surface area (Å²) in [5.74, 6) is 0. The summed E-state index contributed by atoms with van der Waals surface area (Å²) in [6.45, 7) is 0.713. The van der Waals surface area contributed by atoms with Gasteiger partial charge < -0.3 is 15.7 Å². The number of hydrogen-bond acceptors (Lipinski definition) is 3. The minimum atomic E-state index is -4.32. The van der Waals surface area contributed by atoms with Gasteiger partial charge in [0.1, 0.15) is 0 Å². The van der Waals surface area contributed by atoms with Crippen LogP contribution in [0.1, 0.15) is 12.0 Å². The third-order valence-corrected chi connectivity index (χ3v) is 2.62. The first-order valence-corrected chi connectivity index (χ1v) is 5.61. The fourth-order valence-corrected chi connectivity index (χ4v) is 1.61. The molecule has 1 unspecified atom stereocenters. The van der Waals surface area contributed by atoms with Gasteiger partial charge in [-0.3, -0.25) is 0 Å². The van der Waals surface area contributed by atoms with Crippen LogP contribution in [0.15, 0.2) is 24.3 Å². The molecule has 0 bridgehead atoms. The van der Waals surface area contributed by atoms with Crippen LogP contribution in [0.5, 0.6) is 0 Å². The minimum absolute atomic E-state index is 0.336. The number of likely N-dealkylation sites (N-methyl/N-ethyl adjacent to an activating group) is 1. The van der Waals surface area contributed by atoms with Crippen molar-refractivity contribution in [1.82, 2.24) is 0 Å². The average molecular weight is 262 g/mol. The van der Waals surface area contributed by atoms with Gasteiger partial charge in [0.25, 0.3) is 0 Å². The molecule has 3 nitrogen and oxygen atoms in total. The van der Waals surface area contributed by atoms with Crippen LogP contribution in [0.3, 0.4) is 0 Å². The van der Waals surface area contributed by atoms with E-state index >= 15 is 0 Å². The van der Waals surface area contributed by atoms with E-state index in [9.17, 15) is 18.3 Å². The fraction of sp³-hybridized carbons (Fsp3) is 0.500. The van der Waals surface area contributed by atoms with Gasteiger partial charge in [0.15, 0.2) is 0 Å². The molecule has 0 saturated heterocycles. The number of aliphatic hydroxyl groups excluding tert-OH is 1. The Bertz CT molecular complexity index is 365. The first-order valence-electron chi connectivity index (χ1n) is 5.61. The Hall–Kier alpha value is -1.27. The first-order chi connectivity index (χ1) is 8.34. The van der Waals surface area contributed by atoms with Gasteiger partial charge >= 0.3 is 6.18 Å². The topological polar surface area (TPSA) is 49.5 Å². The second-order valence-electron chi connectivity index (χ2n) is 4.16. The Morgan fingerprint density at radius 2 is 1.83 bits per heavy atom. The quantitative estimate of drug-likeness (QED) is 0.851. The van der Waals surface area contributed by atoms with Crippen molar-refractivity contribution in [2.45, 2.75) is 18.7 Å². The fourth-order valence-electron chi connectivity index (χ4n) is 1.61. The Labute approximate surface area is 104 Å². The van der Waals surface area contributed by atoms with Crippen molar-refractivity contribution in [3.8, 4) is 0 Å². The van der Waals surface area contributed by atoms with E-state index in [1.807, 2.05) is 0 Å². The Morgan fingerprint density at radius 3 is 2.28 bits per heavy atom. The number of rotatable bonds is 5. The summed E-state index contributed by atoms with van der Waals surface area (Å²) in [6, 6.07) is 4.83. The number of anilines is 1. The summed E-state index contributed by atoms with van der Waals surface area (Å²) in [5.41, 5.74) is 5.25. The van der Waals surface area contributed by atoms with Crippen LogP contribution < -0.4 is 10.6 Å². The van der Waals surface area contributed by atoms with E-state index in [4.69, 9.17) is 5.73 Å². The van der Waals surface area contributed by atoms with Crippen LogP contribution in [0.4, 0.5) is 18.9 Å². The van der Waals surface area contributed by atoms with Crippen molar-refractivity contribution in [2.75, 3.05) is 25.0 Å². The summed E-state index contributed by atoms with van der Waals surface area (Å²) in [5, 5.41) is 9.56. The molecular formula is C12H17F3N2O. The molecule has 0 fully saturated rings. The maximum atomic E-state index is 12.4. The smallest absolute Gasteiger partial charge is 0.391 e. The van der Waals surface area contributed by atoms with E-state index in [1.165, 1.54) is 12.1 Å². The van der Waals surface area contributed by atoms with Crippen molar-refractivity contribution in [2.24, 2.45) is 5.73 Å². The van der Waals surface area contributed by atoms with Gasteiger partial charge in [-0.1, -0.05) is 0 Å². The number of aliphatic hydroxyl groups is 1. The van der Waals surface area contributed by atoms with Crippen LogP contribution in [0, 0.1) is 0 Å². The molecule has 1 aromatic rings. The number of alkyl halides is 3. The van der Waals surface area contributed by atoms with E-state index in [-0.39, 0.29) is 0 Å². The summed E-state index contributed by atoms with van der Waals surface area (Å²) >= 11 is 0. The van der Waals surface area contributed by atoms with Gasteiger partial charge in [-0.25, -0.2) is 0 Å². The van der Waals surface area contributed by atoms with Crippen LogP contribution in [-0.2, 0) is 6.18 Å². The molecule has 0 heterocycles. The van der Waals surface area contributed by atoms with Gasteiger partial charge in [0.2, 0.25) is 0 Å². The largest absolute Gasteiger partial charge is 0.416 e. The lowest BCUT2D eigenvalue weighted by Crippen LogP contribution is -2.30. The lowest BCUT2D eigenvalue weighted by Gasteiger charge is -2.22. The highest BCUT2D eigenvalue weighted by molar-refractivity contribution is 5.47. The lowest BCUT2D eigenvalue weighted by atomic mass is 10.1. The number of halogens is 3. The highest BCUT2D eigenvalue weighted by Crippen LogP contribution is 2.30. The second kappa shape index (κ2) is 6.06. The van der Waals surface area contributed by atoms with E-state index in [0.717, 1.165) is 12.1 Å². The molecule has 0 aliphatic heterocycles. The Morgan fingerprint density at radius 1 is 1.28 bits per heavy atom. The van der Waals surface area contributed by atoms with Crippen LogP contribution in [0.25, 0.3) is 0 Å². The molecular weight excluding hydrogens is 245 g/mol. The highest BCUT2D eigenvalue weighted by Gasteiger charge is 2.30. The van der Waals surface area contributed by atoms with Crippen molar-refractivity contribution >= 4 is 5.69 Å². The molecule has 3 N–H and O–H groups in total. The van der Waals surface area contributed by atoms with E-state index in [1.54, 1.807) is 11.9 Å². The number of benzene rings is 1. The van der Waals surface area contributed by atoms with Crippen molar-refractivity contribution in [3.63, 3.8) is 0 Å². The number of nitrogens with zero attached hydrogens (tertiary/aromatic N) is 1. The second-order valence-corrected chi connectivity index (χ2v) is 4.16. The molecule has 1 aromatic carbocycles. The van der Waals surface area contributed by atoms with Crippen LogP contribution >= 0.6 is 0 Å². The summed E-state index contributed by atoms with van der Waals surface area (Å²) in [7, 11) is 1.71. The summed E-state index contributed by atoms with van der Waals surface area (Å²) in [6.07, 6.45) is -4.44. The number of nitrogens with two attached hydrogens (primary N) is 1. The maximum Gasteiger partial charge on any atom is 0.416 e. The predicted octanol–water partition coefficient (Wildman–Crippen LogP) is 1.85. The molecule has 0 amide bonds. The van der Waals surface area contributed by atoms with Crippen molar-refractivity contribution < 1.29 is 18.3 Å². The molecule has 18 heavy (non-hydrogen) atoms. The minimum Gasteiger partial charge on any atom is -0.391 e. The van der Waals surface area contributed by atoms with E-state index in [2.05, 4.69) is 0 Å². The SMILES string of the molecule is CN(CC(O)CCN)c1ccc(C(F)(F)F)cc1. The van der Waals surface area contributed by atoms with Crippen LogP contribution in [-0.4, -0.2) is 31.3 Å². The predicted molar refractivity (Wildman–Crippen MR) is 64.4 cm³/mol. The molecule has 0 radical (unpaired) electrons. The molecule has 1 atom stereocenters. The monoisotopic (exact) mass is 262 g/mol. The molecule has 102 valence electrons. The first kappa shape index (κ1) is 14.8. The highest BCUT2D eigenvalue weighted by atomic mass is 19.4. The van der Waals surface area contributed by atoms with Crippen LogP contribution in [0.2, 0.25) is 0 Å². The standard InChI is InChI=1S/C12H17F3N2O/c1-17(8-11(18)6-7-16)10-4-2-9(3-5-10)12(13,14)15/h2-5,11,18H,6-8,16H2,1H3. The average Bonchev–Trinajstić information content (AvgIpc) is 2.28. The third kappa shape index (κ3) is 4.19. The summed E-state index contributed by atoms with van der Waals surface area (Å²) < 4.78 is 37.1. The zero-order valence-electron chi connectivity index (χ0n) is 10.1. The molecule has 0 aliphatic carbocycles. The van der Waals surface area contributed by atoms with Gasteiger partial charge in [-0.2, -0.15) is 13.2 Å². The Balaban J connectivity index is 2.67. The van der Waals surface area contributed by atoms with Crippen molar-refractivity contribution in [3.05, 3.63) is 29.8 Å². The molecule has 0 aliphatic rings. The van der Waals surface area contributed by atoms with Gasteiger partial charge in [0.05, 0.1) is 11.7 Å². The maximum absolute atomic E-state index is 12.4. The van der Waals surface area contributed by atoms with Gasteiger partial charge in [0, 0.05) is 19.3 Å². The van der Waals surface area contributed by atoms with Gasteiger partial charge in [-0.15, -0.1) is 0 Å². The van der Waals surface area contributed by atoms with Gasteiger partial charge in [-0.05, 0) is 37.2 Å². The third-order valence-electron chi connectivity index (χ3n) is 2.62. The Kier molecular flexibility index (Phi) is 4.98. The lowest BCUT2D eigenvalue weighted by molar-refractivity contribution is -0.137. The zero-order valence-corrected chi connectivity index (χ0v) is 10.1. The van der Waals surface area contributed by atoms with E-state index in [0.29, 0.717) is 25.2 Å².